The lowest BCUT2D eigenvalue weighted by Crippen LogP contribution is -2.29. The average molecular weight is 370 g/mol. The number of ether oxygens (including phenoxy) is 1. The van der Waals surface area contributed by atoms with Crippen molar-refractivity contribution in [2.24, 2.45) is 0 Å². The first-order chi connectivity index (χ1) is 12.8. The van der Waals surface area contributed by atoms with Gasteiger partial charge in [0.2, 0.25) is 0 Å². The Balaban J connectivity index is 1.83. The summed E-state index contributed by atoms with van der Waals surface area (Å²) in [5, 5.41) is 13.5. The van der Waals surface area contributed by atoms with Crippen molar-refractivity contribution >= 4 is 23.5 Å². The van der Waals surface area contributed by atoms with Crippen molar-refractivity contribution in [2.75, 3.05) is 18.5 Å². The van der Waals surface area contributed by atoms with E-state index in [0.717, 1.165) is 0 Å². The summed E-state index contributed by atoms with van der Waals surface area (Å²) in [5.41, 5.74) is 2.00. The Bertz CT molecular complexity index is 798. The van der Waals surface area contributed by atoms with Crippen molar-refractivity contribution < 1.29 is 24.2 Å². The van der Waals surface area contributed by atoms with E-state index in [0.29, 0.717) is 22.9 Å². The Morgan fingerprint density at radius 2 is 1.63 bits per heavy atom. The number of amides is 2. The molecular weight excluding hydrogens is 348 g/mol. The Kier molecular flexibility index (Phi) is 6.93. The van der Waals surface area contributed by atoms with Crippen LogP contribution in [0.2, 0.25) is 0 Å². The van der Waals surface area contributed by atoms with Gasteiger partial charge in [-0.05, 0) is 47.9 Å². The maximum Gasteiger partial charge on any atom is 0.322 e. The summed E-state index contributed by atoms with van der Waals surface area (Å²) in [7, 11) is 0. The maximum atomic E-state index is 12.0. The number of benzene rings is 2. The van der Waals surface area contributed by atoms with E-state index >= 15 is 0 Å². The van der Waals surface area contributed by atoms with Gasteiger partial charge in [0.05, 0.1) is 0 Å². The second-order valence-corrected chi connectivity index (χ2v) is 6.21. The van der Waals surface area contributed by atoms with Crippen LogP contribution < -0.4 is 15.4 Å². The highest BCUT2D eigenvalue weighted by Crippen LogP contribution is 2.18. The number of anilines is 1. The number of carbonyl (C=O) groups excluding carboxylic acids is 2. The van der Waals surface area contributed by atoms with Crippen molar-refractivity contribution in [2.45, 2.75) is 19.8 Å². The van der Waals surface area contributed by atoms with Gasteiger partial charge in [-0.2, -0.15) is 0 Å². The predicted molar refractivity (Wildman–Crippen MR) is 101 cm³/mol. The van der Waals surface area contributed by atoms with Crippen molar-refractivity contribution in [3.8, 4) is 5.75 Å². The van der Waals surface area contributed by atoms with Crippen LogP contribution in [0.1, 0.15) is 35.7 Å². The van der Waals surface area contributed by atoms with Gasteiger partial charge in [0, 0.05) is 11.3 Å². The first-order valence-electron chi connectivity index (χ1n) is 8.48. The molecule has 0 radical (unpaired) electrons. The number of carbonyl (C=O) groups is 3. The quantitative estimate of drug-likeness (QED) is 0.663. The molecule has 0 heterocycles. The summed E-state index contributed by atoms with van der Waals surface area (Å²) >= 11 is 0. The molecule has 0 saturated heterocycles. The molecule has 0 atom stereocenters. The lowest BCUT2D eigenvalue weighted by atomic mass is 10.0. The van der Waals surface area contributed by atoms with Gasteiger partial charge in [0.25, 0.3) is 11.8 Å². The van der Waals surface area contributed by atoms with Gasteiger partial charge in [-0.25, -0.2) is 0 Å². The number of hydrogen-bond acceptors (Lipinski definition) is 4. The highest BCUT2D eigenvalue weighted by molar-refractivity contribution is 5.97. The molecule has 0 saturated carbocycles. The van der Waals surface area contributed by atoms with E-state index in [1.54, 1.807) is 12.1 Å². The Labute approximate surface area is 157 Å². The molecule has 7 nitrogen and oxygen atoms in total. The molecule has 2 amide bonds. The molecule has 7 heteroatoms. The summed E-state index contributed by atoms with van der Waals surface area (Å²) in [6.45, 7) is 3.61. The van der Waals surface area contributed by atoms with Crippen molar-refractivity contribution in [1.29, 1.82) is 0 Å². The zero-order valence-corrected chi connectivity index (χ0v) is 15.2. The molecule has 2 aromatic carbocycles. The number of carboxylic acids is 1. The average Bonchev–Trinajstić information content (AvgIpc) is 2.65. The normalized spacial score (nSPS) is 10.3. The van der Waals surface area contributed by atoms with Crippen molar-refractivity contribution in [1.82, 2.24) is 5.32 Å². The summed E-state index contributed by atoms with van der Waals surface area (Å²) in [6.07, 6.45) is 0. The van der Waals surface area contributed by atoms with Crippen LogP contribution in [-0.2, 0) is 9.59 Å². The largest absolute Gasteiger partial charge is 0.484 e. The molecule has 27 heavy (non-hydrogen) atoms. The van der Waals surface area contributed by atoms with E-state index in [-0.39, 0.29) is 12.5 Å². The third-order valence-electron chi connectivity index (χ3n) is 3.75. The second kappa shape index (κ2) is 9.38. The fourth-order valence-electron chi connectivity index (χ4n) is 2.26. The van der Waals surface area contributed by atoms with Crippen LogP contribution in [0.15, 0.2) is 48.5 Å². The Morgan fingerprint density at radius 1 is 1.00 bits per heavy atom. The van der Waals surface area contributed by atoms with E-state index in [2.05, 4.69) is 24.5 Å². The van der Waals surface area contributed by atoms with E-state index in [9.17, 15) is 14.4 Å². The first-order valence-corrected chi connectivity index (χ1v) is 8.48. The minimum atomic E-state index is -1.12. The highest BCUT2D eigenvalue weighted by atomic mass is 16.5. The smallest absolute Gasteiger partial charge is 0.322 e. The van der Waals surface area contributed by atoms with E-state index in [1.807, 2.05) is 24.3 Å². The van der Waals surface area contributed by atoms with Gasteiger partial charge in [0.1, 0.15) is 12.3 Å². The topological polar surface area (TPSA) is 105 Å². The molecule has 2 aromatic rings. The summed E-state index contributed by atoms with van der Waals surface area (Å²) in [4.78, 5) is 34.1. The molecule has 0 aliphatic rings. The van der Waals surface area contributed by atoms with Gasteiger partial charge in [-0.15, -0.1) is 0 Å². The van der Waals surface area contributed by atoms with Crippen molar-refractivity contribution in [3.05, 3.63) is 59.7 Å². The SMILES string of the molecule is CC(C)c1ccc(OCC(=O)Nc2ccc(C(=O)NCC(=O)O)cc2)cc1. The summed E-state index contributed by atoms with van der Waals surface area (Å²) in [6, 6.07) is 13.7. The minimum Gasteiger partial charge on any atom is -0.484 e. The Hall–Kier alpha value is -3.35. The van der Waals surface area contributed by atoms with Crippen LogP contribution in [0.4, 0.5) is 5.69 Å². The zero-order valence-electron chi connectivity index (χ0n) is 15.2. The number of hydrogen-bond donors (Lipinski definition) is 3. The fraction of sp³-hybridized carbons (Fsp3) is 0.250. The molecule has 0 fully saturated rings. The lowest BCUT2D eigenvalue weighted by Gasteiger charge is -2.10. The lowest BCUT2D eigenvalue weighted by molar-refractivity contribution is -0.135. The standard InChI is InChI=1S/C20H22N2O5/c1-13(2)14-5-9-17(10-6-14)27-12-18(23)22-16-7-3-15(4-8-16)20(26)21-11-19(24)25/h3-10,13H,11-12H2,1-2H3,(H,21,26)(H,22,23)(H,24,25). The number of nitrogens with one attached hydrogen (secondary N) is 2. The third kappa shape index (κ3) is 6.47. The number of carboxylic acid groups (broad SMARTS) is 1. The molecule has 3 N–H and O–H groups in total. The molecule has 0 aromatic heterocycles. The van der Waals surface area contributed by atoms with E-state index < -0.39 is 18.4 Å². The molecule has 2 rings (SSSR count). The Morgan fingerprint density at radius 3 is 2.19 bits per heavy atom. The van der Waals surface area contributed by atoms with Gasteiger partial charge in [0.15, 0.2) is 6.61 Å². The summed E-state index contributed by atoms with van der Waals surface area (Å²) < 4.78 is 5.46. The monoisotopic (exact) mass is 370 g/mol. The van der Waals surface area contributed by atoms with E-state index in [4.69, 9.17) is 9.84 Å². The fourth-order valence-corrected chi connectivity index (χ4v) is 2.26. The number of aliphatic carboxylic acids is 1. The van der Waals surface area contributed by atoms with Crippen LogP contribution in [0, 0.1) is 0 Å². The van der Waals surface area contributed by atoms with Gasteiger partial charge >= 0.3 is 5.97 Å². The molecule has 0 spiro atoms. The van der Waals surface area contributed by atoms with Gasteiger partial charge < -0.3 is 20.5 Å². The second-order valence-electron chi connectivity index (χ2n) is 6.21. The van der Waals surface area contributed by atoms with Crippen molar-refractivity contribution in [3.63, 3.8) is 0 Å². The maximum absolute atomic E-state index is 12.0. The molecule has 0 aliphatic carbocycles. The first kappa shape index (κ1) is 20.0. The zero-order chi connectivity index (χ0) is 19.8. The van der Waals surface area contributed by atoms with Crippen LogP contribution in [0.25, 0.3) is 0 Å². The molecule has 0 unspecified atom stereocenters. The predicted octanol–water partition coefficient (Wildman–Crippen LogP) is 2.64. The van der Waals surface area contributed by atoms with Gasteiger partial charge in [-0.3, -0.25) is 14.4 Å². The van der Waals surface area contributed by atoms with Crippen LogP contribution in [-0.4, -0.2) is 36.0 Å². The molecule has 142 valence electrons. The molecular formula is C20H22N2O5. The van der Waals surface area contributed by atoms with Gasteiger partial charge in [-0.1, -0.05) is 26.0 Å². The van der Waals surface area contributed by atoms with Crippen LogP contribution in [0.5, 0.6) is 5.75 Å². The minimum absolute atomic E-state index is 0.137. The molecule has 0 bridgehead atoms. The third-order valence-corrected chi connectivity index (χ3v) is 3.75. The number of rotatable bonds is 8. The summed E-state index contributed by atoms with van der Waals surface area (Å²) in [5.74, 6) is -0.905. The highest BCUT2D eigenvalue weighted by Gasteiger charge is 2.08. The molecule has 0 aliphatic heterocycles. The van der Waals surface area contributed by atoms with E-state index in [1.165, 1.54) is 17.7 Å². The van der Waals surface area contributed by atoms with Crippen LogP contribution >= 0.6 is 0 Å². The van der Waals surface area contributed by atoms with Crippen LogP contribution in [0.3, 0.4) is 0 Å².